The second-order valence-corrected chi connectivity index (χ2v) is 9.48. The predicted molar refractivity (Wildman–Crippen MR) is 68.6 cm³/mol. The Morgan fingerprint density at radius 3 is 2.29 bits per heavy atom. The van der Waals surface area contributed by atoms with Crippen molar-refractivity contribution in [2.24, 2.45) is 0 Å². The summed E-state index contributed by atoms with van der Waals surface area (Å²) in [5.74, 6) is 0.104. The molecule has 1 aliphatic rings. The lowest BCUT2D eigenvalue weighted by Gasteiger charge is -2.28. The van der Waals surface area contributed by atoms with Crippen molar-refractivity contribution in [2.45, 2.75) is 37.0 Å². The van der Waals surface area contributed by atoms with Crippen LogP contribution in [-0.4, -0.2) is 52.9 Å². The third-order valence-electron chi connectivity index (χ3n) is 3.14. The van der Waals surface area contributed by atoms with Crippen LogP contribution in [-0.2, 0) is 19.7 Å². The largest absolute Gasteiger partial charge is 0.313 e. The normalized spacial score (nSPS) is 26.9. The lowest BCUT2D eigenvalue weighted by atomic mass is 9.95. The van der Waals surface area contributed by atoms with Crippen LogP contribution >= 0.6 is 0 Å². The molecule has 2 atom stereocenters. The fourth-order valence-corrected chi connectivity index (χ4v) is 3.83. The van der Waals surface area contributed by atoms with Gasteiger partial charge < -0.3 is 5.32 Å². The van der Waals surface area contributed by atoms with E-state index in [0.29, 0.717) is 13.0 Å². The second kappa shape index (κ2) is 5.67. The first-order valence-electron chi connectivity index (χ1n) is 5.78. The van der Waals surface area contributed by atoms with Gasteiger partial charge in [-0.1, -0.05) is 6.42 Å². The highest BCUT2D eigenvalue weighted by molar-refractivity contribution is 7.91. The van der Waals surface area contributed by atoms with Crippen LogP contribution in [0.2, 0.25) is 0 Å². The average molecular weight is 283 g/mol. The standard InChI is InChI=1S/C10H21NO4S2/c1-16(12,13)7-6-11-9-4-3-5-10(8-9)17(2,14)15/h9-11H,3-8H2,1-2H3. The predicted octanol–water partition coefficient (Wildman–Crippen LogP) is -0.0236. The van der Waals surface area contributed by atoms with Crippen LogP contribution in [0.3, 0.4) is 0 Å². The van der Waals surface area contributed by atoms with E-state index in [0.717, 1.165) is 19.3 Å². The summed E-state index contributed by atoms with van der Waals surface area (Å²) in [6, 6.07) is 0.130. The zero-order valence-corrected chi connectivity index (χ0v) is 12.0. The molecule has 0 aromatic heterocycles. The van der Waals surface area contributed by atoms with E-state index < -0.39 is 19.7 Å². The summed E-state index contributed by atoms with van der Waals surface area (Å²) in [7, 11) is -5.92. The number of sulfone groups is 2. The van der Waals surface area contributed by atoms with Gasteiger partial charge in [0.05, 0.1) is 11.0 Å². The third-order valence-corrected chi connectivity index (χ3v) is 5.72. The maximum Gasteiger partial charge on any atom is 0.150 e. The molecule has 0 amide bonds. The van der Waals surface area contributed by atoms with Crippen LogP contribution in [0.4, 0.5) is 0 Å². The molecule has 0 radical (unpaired) electrons. The Balaban J connectivity index is 2.41. The van der Waals surface area contributed by atoms with Crippen LogP contribution in [0.5, 0.6) is 0 Å². The van der Waals surface area contributed by atoms with Gasteiger partial charge in [0.25, 0.3) is 0 Å². The monoisotopic (exact) mass is 283 g/mol. The summed E-state index contributed by atoms with van der Waals surface area (Å²) in [5, 5.41) is 2.87. The van der Waals surface area contributed by atoms with Crippen molar-refractivity contribution in [1.82, 2.24) is 5.32 Å². The number of hydrogen-bond donors (Lipinski definition) is 1. The molecule has 0 bridgehead atoms. The van der Waals surface area contributed by atoms with E-state index in [1.807, 2.05) is 0 Å². The first-order valence-corrected chi connectivity index (χ1v) is 9.80. The first-order chi connectivity index (χ1) is 7.68. The van der Waals surface area contributed by atoms with Gasteiger partial charge in [-0.2, -0.15) is 0 Å². The minimum absolute atomic E-state index is 0.104. The molecular formula is C10H21NO4S2. The summed E-state index contributed by atoms with van der Waals surface area (Å²) < 4.78 is 44.8. The van der Waals surface area contributed by atoms with E-state index in [4.69, 9.17) is 0 Å². The molecule has 0 aromatic carbocycles. The Kier molecular flexibility index (Phi) is 4.97. The van der Waals surface area contributed by atoms with Gasteiger partial charge in [-0.15, -0.1) is 0 Å². The molecule has 102 valence electrons. The number of nitrogens with one attached hydrogen (secondary N) is 1. The van der Waals surface area contributed by atoms with E-state index >= 15 is 0 Å². The van der Waals surface area contributed by atoms with Crippen molar-refractivity contribution in [3.63, 3.8) is 0 Å². The van der Waals surface area contributed by atoms with Crippen molar-refractivity contribution in [2.75, 3.05) is 24.8 Å². The maximum absolute atomic E-state index is 11.4. The zero-order valence-electron chi connectivity index (χ0n) is 10.3. The lowest BCUT2D eigenvalue weighted by Crippen LogP contribution is -2.40. The van der Waals surface area contributed by atoms with Crippen molar-refractivity contribution >= 4 is 19.7 Å². The average Bonchev–Trinajstić information content (AvgIpc) is 2.15. The Hall–Kier alpha value is -0.140. The molecule has 0 aromatic rings. The van der Waals surface area contributed by atoms with Crippen LogP contribution in [0.15, 0.2) is 0 Å². The Labute approximate surface area is 104 Å². The van der Waals surface area contributed by atoms with E-state index in [-0.39, 0.29) is 17.0 Å². The van der Waals surface area contributed by atoms with Gasteiger partial charge in [-0.3, -0.25) is 0 Å². The first kappa shape index (κ1) is 14.9. The molecule has 0 saturated heterocycles. The molecule has 2 unspecified atom stereocenters. The summed E-state index contributed by atoms with van der Waals surface area (Å²) in [4.78, 5) is 0. The number of rotatable bonds is 5. The minimum atomic E-state index is -2.97. The summed E-state index contributed by atoms with van der Waals surface area (Å²) in [5.41, 5.74) is 0. The highest BCUT2D eigenvalue weighted by Crippen LogP contribution is 2.23. The van der Waals surface area contributed by atoms with Crippen LogP contribution < -0.4 is 5.32 Å². The van der Waals surface area contributed by atoms with Crippen molar-refractivity contribution in [1.29, 1.82) is 0 Å². The van der Waals surface area contributed by atoms with E-state index in [9.17, 15) is 16.8 Å². The van der Waals surface area contributed by atoms with Crippen LogP contribution in [0.25, 0.3) is 0 Å². The third kappa shape index (κ3) is 5.83. The quantitative estimate of drug-likeness (QED) is 0.767. The Morgan fingerprint density at radius 1 is 1.12 bits per heavy atom. The molecule has 1 saturated carbocycles. The van der Waals surface area contributed by atoms with E-state index in [1.165, 1.54) is 12.5 Å². The number of hydrogen-bond acceptors (Lipinski definition) is 5. The lowest BCUT2D eigenvalue weighted by molar-refractivity contribution is 0.378. The summed E-state index contributed by atoms with van der Waals surface area (Å²) >= 11 is 0. The summed E-state index contributed by atoms with van der Waals surface area (Å²) in [6.45, 7) is 0.403. The highest BCUT2D eigenvalue weighted by Gasteiger charge is 2.28. The summed E-state index contributed by atoms with van der Waals surface area (Å²) in [6.07, 6.45) is 5.61. The smallest absolute Gasteiger partial charge is 0.150 e. The van der Waals surface area contributed by atoms with Crippen molar-refractivity contribution in [3.8, 4) is 0 Å². The molecule has 1 rings (SSSR count). The molecule has 7 heteroatoms. The Morgan fingerprint density at radius 2 is 1.76 bits per heavy atom. The van der Waals surface area contributed by atoms with Crippen LogP contribution in [0, 0.1) is 0 Å². The molecule has 0 spiro atoms. The van der Waals surface area contributed by atoms with Gasteiger partial charge in [0, 0.05) is 25.1 Å². The van der Waals surface area contributed by atoms with Gasteiger partial charge in [0.1, 0.15) is 19.7 Å². The van der Waals surface area contributed by atoms with Gasteiger partial charge in [-0.05, 0) is 19.3 Å². The Bertz CT molecular complexity index is 441. The molecule has 0 aliphatic heterocycles. The molecule has 1 fully saturated rings. The molecule has 5 nitrogen and oxygen atoms in total. The molecule has 17 heavy (non-hydrogen) atoms. The van der Waals surface area contributed by atoms with E-state index in [2.05, 4.69) is 5.32 Å². The fourth-order valence-electron chi connectivity index (χ4n) is 2.17. The van der Waals surface area contributed by atoms with Gasteiger partial charge in [0.2, 0.25) is 0 Å². The van der Waals surface area contributed by atoms with Gasteiger partial charge >= 0.3 is 0 Å². The van der Waals surface area contributed by atoms with Gasteiger partial charge in [-0.25, -0.2) is 16.8 Å². The van der Waals surface area contributed by atoms with Crippen LogP contribution in [0.1, 0.15) is 25.7 Å². The maximum atomic E-state index is 11.4. The minimum Gasteiger partial charge on any atom is -0.313 e. The van der Waals surface area contributed by atoms with Crippen molar-refractivity contribution < 1.29 is 16.8 Å². The van der Waals surface area contributed by atoms with Gasteiger partial charge in [0.15, 0.2) is 0 Å². The SMILES string of the molecule is CS(=O)(=O)CCNC1CCCC(S(C)(=O)=O)C1. The molecule has 1 aliphatic carbocycles. The molecular weight excluding hydrogens is 262 g/mol. The van der Waals surface area contributed by atoms with Crippen molar-refractivity contribution in [3.05, 3.63) is 0 Å². The molecule has 1 N–H and O–H groups in total. The molecule has 0 heterocycles. The highest BCUT2D eigenvalue weighted by atomic mass is 32.2. The fraction of sp³-hybridized carbons (Fsp3) is 1.00. The topological polar surface area (TPSA) is 80.3 Å². The van der Waals surface area contributed by atoms with E-state index in [1.54, 1.807) is 0 Å². The second-order valence-electron chi connectivity index (χ2n) is 4.90. The zero-order chi connectivity index (χ0) is 13.1.